The topological polar surface area (TPSA) is 78.0 Å². The molecule has 6 aromatic rings. The number of rotatable bonds is 16. The average molecular weight is 761 g/mol. The molecule has 7 heteroatoms. The van der Waals surface area contributed by atoms with Gasteiger partial charge in [-0.15, -0.1) is 0 Å². The van der Waals surface area contributed by atoms with Gasteiger partial charge in [0, 0.05) is 24.1 Å². The van der Waals surface area contributed by atoms with Gasteiger partial charge >= 0.3 is 5.97 Å². The van der Waals surface area contributed by atoms with Crippen molar-refractivity contribution in [3.8, 4) is 5.75 Å². The van der Waals surface area contributed by atoms with E-state index in [0.717, 1.165) is 39.7 Å². The summed E-state index contributed by atoms with van der Waals surface area (Å²) in [7, 11) is 1.63. The minimum Gasteiger partial charge on any atom is -0.497 e. The maximum absolute atomic E-state index is 13.9. The van der Waals surface area contributed by atoms with E-state index in [1.165, 1.54) is 0 Å². The number of esters is 1. The van der Waals surface area contributed by atoms with Crippen molar-refractivity contribution in [2.75, 3.05) is 12.0 Å². The van der Waals surface area contributed by atoms with Crippen LogP contribution in [0.15, 0.2) is 152 Å². The van der Waals surface area contributed by atoms with Gasteiger partial charge < -0.3 is 19.1 Å². The summed E-state index contributed by atoms with van der Waals surface area (Å²) in [6, 6.07) is 50.4. The Balaban J connectivity index is 1.52. The van der Waals surface area contributed by atoms with E-state index in [4.69, 9.17) is 19.2 Å². The molecule has 1 heterocycles. The van der Waals surface area contributed by atoms with Crippen LogP contribution < -0.4 is 9.64 Å². The van der Waals surface area contributed by atoms with Gasteiger partial charge in [0.2, 0.25) is 0 Å². The Hall–Kier alpha value is -6.05. The van der Waals surface area contributed by atoms with Crippen molar-refractivity contribution in [3.63, 3.8) is 0 Å². The highest BCUT2D eigenvalue weighted by molar-refractivity contribution is 5.79. The van der Waals surface area contributed by atoms with E-state index in [1.807, 2.05) is 118 Å². The summed E-state index contributed by atoms with van der Waals surface area (Å²) < 4.78 is 19.0. The van der Waals surface area contributed by atoms with Crippen LogP contribution in [0.25, 0.3) is 0 Å². The minimum absolute atomic E-state index is 0.0601. The number of benzene rings is 5. The minimum atomic E-state index is -1.01. The molecule has 0 aliphatic rings. The maximum atomic E-state index is 13.9. The predicted octanol–water partition coefficient (Wildman–Crippen LogP) is 10.7. The standard InChI is InChI=1S/C50H52N2O5/c1-36(2)52(33-37-19-11-7-12-20-37)46-30-27-38(34-53)48(51-46)45(32-47(54)57-49(3,4)5)44-29-28-43(55-6)31-39(44)35-56-50(40-21-13-8-14-22-40,41-23-15-9-16-24-41)42-25-17-10-18-26-42/h7-31,34,36,45H,32-33,35H2,1-6H3/t45-/m1/s1. The molecule has 1 atom stereocenters. The zero-order valence-corrected chi connectivity index (χ0v) is 33.7. The van der Waals surface area contributed by atoms with Crippen LogP contribution in [0.2, 0.25) is 0 Å². The Morgan fingerprint density at radius 3 is 1.77 bits per heavy atom. The van der Waals surface area contributed by atoms with Crippen molar-refractivity contribution in [1.29, 1.82) is 0 Å². The lowest BCUT2D eigenvalue weighted by Gasteiger charge is -2.36. The third-order valence-electron chi connectivity index (χ3n) is 10.0. The Labute approximate surface area is 337 Å². The van der Waals surface area contributed by atoms with Crippen molar-refractivity contribution in [1.82, 2.24) is 4.98 Å². The van der Waals surface area contributed by atoms with Crippen molar-refractivity contribution in [3.05, 3.63) is 196 Å². The van der Waals surface area contributed by atoms with Gasteiger partial charge in [-0.1, -0.05) is 127 Å². The number of hydrogen-bond donors (Lipinski definition) is 0. The molecule has 0 unspecified atom stereocenters. The van der Waals surface area contributed by atoms with Crippen LogP contribution in [0.3, 0.4) is 0 Å². The SMILES string of the molecule is COc1ccc([C@@H](CC(=O)OC(C)(C)C)c2nc(N(Cc3ccccc3)C(C)C)ccc2C=O)c(COC(c2ccccc2)(c2ccccc2)c2ccccc2)c1. The lowest BCUT2D eigenvalue weighted by Crippen LogP contribution is -2.33. The first-order valence-corrected chi connectivity index (χ1v) is 19.5. The number of carbonyl (C=O) groups excluding carboxylic acids is 2. The van der Waals surface area contributed by atoms with Crippen LogP contribution in [0, 0.1) is 0 Å². The number of carbonyl (C=O) groups is 2. The largest absolute Gasteiger partial charge is 0.497 e. The van der Waals surface area contributed by atoms with Crippen molar-refractivity contribution >= 4 is 18.1 Å². The van der Waals surface area contributed by atoms with Crippen molar-refractivity contribution in [2.45, 2.75) is 77.4 Å². The molecule has 292 valence electrons. The lowest BCUT2D eigenvalue weighted by molar-refractivity contribution is -0.155. The third-order valence-corrected chi connectivity index (χ3v) is 10.0. The fourth-order valence-electron chi connectivity index (χ4n) is 7.35. The first-order valence-electron chi connectivity index (χ1n) is 19.5. The van der Waals surface area contributed by atoms with Crippen LogP contribution in [0.1, 0.15) is 96.4 Å². The summed E-state index contributed by atoms with van der Waals surface area (Å²) in [5, 5.41) is 0. The van der Waals surface area contributed by atoms with Gasteiger partial charge in [0.25, 0.3) is 0 Å². The van der Waals surface area contributed by atoms with Gasteiger partial charge in [0.15, 0.2) is 6.29 Å². The van der Waals surface area contributed by atoms with Gasteiger partial charge in [-0.3, -0.25) is 9.59 Å². The molecule has 0 saturated carbocycles. The second kappa shape index (κ2) is 18.3. The van der Waals surface area contributed by atoms with Crippen LogP contribution >= 0.6 is 0 Å². The fraction of sp³-hybridized carbons (Fsp3) is 0.260. The molecule has 1 aromatic heterocycles. The molecule has 0 N–H and O–H groups in total. The zero-order valence-electron chi connectivity index (χ0n) is 33.7. The van der Waals surface area contributed by atoms with Crippen LogP contribution in [-0.2, 0) is 33.0 Å². The number of anilines is 1. The van der Waals surface area contributed by atoms with Crippen LogP contribution in [-0.4, -0.2) is 36.0 Å². The molecule has 0 bridgehead atoms. The monoisotopic (exact) mass is 760 g/mol. The van der Waals surface area contributed by atoms with E-state index in [9.17, 15) is 9.59 Å². The summed E-state index contributed by atoms with van der Waals surface area (Å²) in [6.45, 7) is 10.5. The van der Waals surface area contributed by atoms with E-state index < -0.39 is 23.1 Å². The highest BCUT2D eigenvalue weighted by Gasteiger charge is 2.38. The molecule has 0 aliphatic carbocycles. The van der Waals surface area contributed by atoms with E-state index in [1.54, 1.807) is 13.2 Å². The summed E-state index contributed by atoms with van der Waals surface area (Å²) in [5.74, 6) is 0.252. The molecular weight excluding hydrogens is 709 g/mol. The summed E-state index contributed by atoms with van der Waals surface area (Å²) in [5.41, 5.74) is 4.72. The second-order valence-corrected chi connectivity index (χ2v) is 15.4. The molecule has 0 fully saturated rings. The molecule has 0 spiro atoms. The smallest absolute Gasteiger partial charge is 0.307 e. The summed E-state index contributed by atoms with van der Waals surface area (Å²) in [4.78, 5) is 34.2. The zero-order chi connectivity index (χ0) is 40.4. The van der Waals surface area contributed by atoms with Crippen LogP contribution in [0.4, 0.5) is 5.82 Å². The number of pyridine rings is 1. The fourth-order valence-corrected chi connectivity index (χ4v) is 7.35. The normalized spacial score (nSPS) is 12.2. The maximum Gasteiger partial charge on any atom is 0.307 e. The highest BCUT2D eigenvalue weighted by Crippen LogP contribution is 2.43. The molecule has 0 radical (unpaired) electrons. The van der Waals surface area contributed by atoms with E-state index >= 15 is 0 Å². The highest BCUT2D eigenvalue weighted by atomic mass is 16.6. The van der Waals surface area contributed by atoms with Gasteiger partial charge in [-0.25, -0.2) is 4.98 Å². The molecule has 5 aromatic carbocycles. The number of ether oxygens (including phenoxy) is 3. The molecule has 0 amide bonds. The van der Waals surface area contributed by atoms with E-state index in [-0.39, 0.29) is 19.1 Å². The van der Waals surface area contributed by atoms with Gasteiger partial charge in [0.1, 0.15) is 22.8 Å². The van der Waals surface area contributed by atoms with Crippen molar-refractivity contribution < 1.29 is 23.8 Å². The third kappa shape index (κ3) is 9.68. The van der Waals surface area contributed by atoms with E-state index in [0.29, 0.717) is 29.4 Å². The average Bonchev–Trinajstić information content (AvgIpc) is 3.23. The Morgan fingerprint density at radius 2 is 1.28 bits per heavy atom. The summed E-state index contributed by atoms with van der Waals surface area (Å²) in [6.07, 6.45) is 0.755. The Morgan fingerprint density at radius 1 is 0.737 bits per heavy atom. The molecule has 57 heavy (non-hydrogen) atoms. The first kappa shape index (κ1) is 40.6. The van der Waals surface area contributed by atoms with Crippen LogP contribution in [0.5, 0.6) is 5.75 Å². The summed E-state index contributed by atoms with van der Waals surface area (Å²) >= 11 is 0. The molecule has 0 saturated heterocycles. The number of aromatic nitrogens is 1. The Bertz CT molecular complexity index is 2120. The van der Waals surface area contributed by atoms with E-state index in [2.05, 4.69) is 67.3 Å². The molecule has 6 rings (SSSR count). The predicted molar refractivity (Wildman–Crippen MR) is 227 cm³/mol. The molecule has 0 aliphatic heterocycles. The molecule has 7 nitrogen and oxygen atoms in total. The first-order chi connectivity index (χ1) is 27.5. The number of nitrogens with zero attached hydrogens (tertiary/aromatic N) is 2. The number of methoxy groups -OCH3 is 1. The lowest BCUT2D eigenvalue weighted by atomic mass is 9.80. The molecular formula is C50H52N2O5. The van der Waals surface area contributed by atoms with Gasteiger partial charge in [-0.05, 0) is 92.3 Å². The number of hydrogen-bond acceptors (Lipinski definition) is 7. The van der Waals surface area contributed by atoms with Gasteiger partial charge in [-0.2, -0.15) is 0 Å². The number of aldehydes is 1. The van der Waals surface area contributed by atoms with Crippen molar-refractivity contribution in [2.24, 2.45) is 0 Å². The van der Waals surface area contributed by atoms with Gasteiger partial charge in [0.05, 0.1) is 25.8 Å². The second-order valence-electron chi connectivity index (χ2n) is 15.4. The Kier molecular flexibility index (Phi) is 13.0. The quantitative estimate of drug-likeness (QED) is 0.0552.